The van der Waals surface area contributed by atoms with Crippen molar-refractivity contribution in [2.24, 2.45) is 0 Å². The molecule has 0 aliphatic heterocycles. The maximum absolute atomic E-state index is 13.1. The van der Waals surface area contributed by atoms with Crippen LogP contribution in [0.4, 0.5) is 0 Å². The minimum absolute atomic E-state index is 0.181. The average Bonchev–Trinajstić information content (AvgIpc) is 3.27. The summed E-state index contributed by atoms with van der Waals surface area (Å²) in [6.07, 6.45) is 8.11. The maximum Gasteiger partial charge on any atom is 0.332 e. The van der Waals surface area contributed by atoms with Crippen LogP contribution in [-0.4, -0.2) is 28.7 Å². The number of imidazole rings is 2. The normalized spacial score (nSPS) is 11.3. The molecule has 3 rings (SSSR count). The third kappa shape index (κ3) is 3.75. The number of unbranched alkanes of at least 4 members (excludes halogenated alkanes) is 1. The molecule has 3 aromatic rings. The van der Waals surface area contributed by atoms with E-state index in [1.54, 1.807) is 21.5 Å². The number of H-pyrrole nitrogens is 1. The van der Waals surface area contributed by atoms with E-state index in [2.05, 4.69) is 21.5 Å². The number of hydrogen-bond donors (Lipinski definition) is 1. The Morgan fingerprint density at radius 3 is 2.67 bits per heavy atom. The Hall–Kier alpha value is -2.61. The zero-order chi connectivity index (χ0) is 19.4. The van der Waals surface area contributed by atoms with Gasteiger partial charge in [-0.25, -0.2) is 9.78 Å². The molecule has 0 atom stereocenters. The molecule has 8 nitrogen and oxygen atoms in total. The lowest BCUT2D eigenvalue weighted by Gasteiger charge is -2.12. The third-order valence-electron chi connectivity index (χ3n) is 4.48. The van der Waals surface area contributed by atoms with Gasteiger partial charge < -0.3 is 9.55 Å². The smallest absolute Gasteiger partial charge is 0.332 e. The van der Waals surface area contributed by atoms with Crippen molar-refractivity contribution in [3.05, 3.63) is 57.0 Å². The van der Waals surface area contributed by atoms with Crippen LogP contribution in [-0.2, 0) is 26.1 Å². The Morgan fingerprint density at radius 2 is 2.00 bits per heavy atom. The number of aryl methyl sites for hydroxylation is 2. The second-order valence-corrected chi connectivity index (χ2v) is 6.70. The summed E-state index contributed by atoms with van der Waals surface area (Å²) >= 11 is 6.23. The molecule has 0 amide bonds. The first-order valence-corrected chi connectivity index (χ1v) is 9.44. The second-order valence-electron chi connectivity index (χ2n) is 6.36. The predicted octanol–water partition coefficient (Wildman–Crippen LogP) is 2.36. The van der Waals surface area contributed by atoms with Gasteiger partial charge in [-0.3, -0.25) is 13.9 Å². The van der Waals surface area contributed by atoms with Crippen molar-refractivity contribution in [2.75, 3.05) is 0 Å². The van der Waals surface area contributed by atoms with Crippen LogP contribution in [0.5, 0.6) is 0 Å². The molecule has 0 unspecified atom stereocenters. The number of halogens is 1. The zero-order valence-electron chi connectivity index (χ0n) is 15.3. The van der Waals surface area contributed by atoms with Crippen molar-refractivity contribution >= 4 is 22.8 Å². The van der Waals surface area contributed by atoms with Crippen molar-refractivity contribution in [2.45, 2.75) is 52.2 Å². The molecule has 0 aromatic carbocycles. The summed E-state index contributed by atoms with van der Waals surface area (Å²) in [5, 5.41) is 0.181. The molecule has 0 saturated heterocycles. The molecule has 0 aliphatic carbocycles. The number of fused-ring (bicyclic) bond motifs is 1. The van der Waals surface area contributed by atoms with Gasteiger partial charge in [0.15, 0.2) is 11.2 Å². The van der Waals surface area contributed by atoms with Crippen molar-refractivity contribution < 1.29 is 0 Å². The number of aromatic nitrogens is 6. The van der Waals surface area contributed by atoms with Gasteiger partial charge in [0.1, 0.15) is 0 Å². The molecule has 0 fully saturated rings. The number of aromatic amines is 1. The van der Waals surface area contributed by atoms with Crippen LogP contribution in [0.15, 0.2) is 34.8 Å². The van der Waals surface area contributed by atoms with Gasteiger partial charge in [-0.05, 0) is 30.9 Å². The summed E-state index contributed by atoms with van der Waals surface area (Å²) in [5.41, 5.74) is 0.869. The molecule has 0 spiro atoms. The highest BCUT2D eigenvalue weighted by Crippen LogP contribution is 2.16. The fourth-order valence-corrected chi connectivity index (χ4v) is 3.35. The van der Waals surface area contributed by atoms with Crippen LogP contribution in [0.1, 0.15) is 31.9 Å². The van der Waals surface area contributed by atoms with Crippen LogP contribution in [0.25, 0.3) is 11.2 Å². The van der Waals surface area contributed by atoms with Crippen molar-refractivity contribution in [3.63, 3.8) is 0 Å². The van der Waals surface area contributed by atoms with Gasteiger partial charge in [-0.1, -0.05) is 19.4 Å². The lowest BCUT2D eigenvalue weighted by Crippen LogP contribution is -2.40. The van der Waals surface area contributed by atoms with E-state index in [9.17, 15) is 9.59 Å². The van der Waals surface area contributed by atoms with E-state index in [1.807, 2.05) is 13.1 Å². The molecule has 0 bridgehead atoms. The lowest BCUT2D eigenvalue weighted by atomic mass is 10.2. The van der Waals surface area contributed by atoms with E-state index in [0.717, 1.165) is 18.5 Å². The van der Waals surface area contributed by atoms with Crippen LogP contribution in [0.3, 0.4) is 0 Å². The summed E-state index contributed by atoms with van der Waals surface area (Å²) in [6.45, 7) is 6.91. The standard InChI is InChI=1S/C18H23ClN6O2/c1-3-5-9-24-15-14(23(8-4-2)17(19)22-15)16(26)25(18(24)27)10-6-7-13-11-20-12-21-13/h4,11-12H,2-3,5-10H2,1H3,(H,20,21). The van der Waals surface area contributed by atoms with Gasteiger partial charge >= 0.3 is 5.69 Å². The molecular weight excluding hydrogens is 368 g/mol. The number of nitrogens with one attached hydrogen (secondary N) is 1. The zero-order valence-corrected chi connectivity index (χ0v) is 16.1. The van der Waals surface area contributed by atoms with Gasteiger partial charge in [-0.15, -0.1) is 6.58 Å². The summed E-state index contributed by atoms with van der Waals surface area (Å²) in [4.78, 5) is 37.4. The highest BCUT2D eigenvalue weighted by Gasteiger charge is 2.20. The summed E-state index contributed by atoms with van der Waals surface area (Å²) in [6, 6.07) is 0. The molecule has 9 heteroatoms. The van der Waals surface area contributed by atoms with Gasteiger partial charge in [-0.2, -0.15) is 4.98 Å². The molecule has 0 saturated carbocycles. The molecule has 0 aliphatic rings. The van der Waals surface area contributed by atoms with Crippen molar-refractivity contribution in [1.29, 1.82) is 0 Å². The molecular formula is C18H23ClN6O2. The van der Waals surface area contributed by atoms with Crippen molar-refractivity contribution in [3.8, 4) is 0 Å². The fraction of sp³-hybridized carbons (Fsp3) is 0.444. The van der Waals surface area contributed by atoms with Crippen LogP contribution >= 0.6 is 11.6 Å². The fourth-order valence-electron chi connectivity index (χ4n) is 3.12. The van der Waals surface area contributed by atoms with E-state index < -0.39 is 0 Å². The van der Waals surface area contributed by atoms with Gasteiger partial charge in [0.25, 0.3) is 5.56 Å². The van der Waals surface area contributed by atoms with Gasteiger partial charge in [0.2, 0.25) is 5.28 Å². The maximum atomic E-state index is 13.1. The largest absolute Gasteiger partial charge is 0.351 e. The SMILES string of the molecule is C=CCn1c(Cl)nc2c1c(=O)n(CCCc1c[nH]cn1)c(=O)n2CCCC. The van der Waals surface area contributed by atoms with E-state index in [0.29, 0.717) is 43.6 Å². The Morgan fingerprint density at radius 1 is 1.22 bits per heavy atom. The molecule has 1 N–H and O–H groups in total. The lowest BCUT2D eigenvalue weighted by molar-refractivity contribution is 0.531. The molecule has 27 heavy (non-hydrogen) atoms. The van der Waals surface area contributed by atoms with E-state index in [4.69, 9.17) is 11.6 Å². The summed E-state index contributed by atoms with van der Waals surface area (Å²) < 4.78 is 4.43. The van der Waals surface area contributed by atoms with E-state index in [1.165, 1.54) is 4.57 Å². The Kier molecular flexibility index (Phi) is 5.95. The Labute approximate surface area is 161 Å². The highest BCUT2D eigenvalue weighted by molar-refractivity contribution is 6.29. The number of allylic oxidation sites excluding steroid dienone is 1. The molecule has 0 radical (unpaired) electrons. The van der Waals surface area contributed by atoms with E-state index in [-0.39, 0.29) is 16.5 Å². The quantitative estimate of drug-likeness (QED) is 0.448. The van der Waals surface area contributed by atoms with Gasteiger partial charge in [0, 0.05) is 25.8 Å². The summed E-state index contributed by atoms with van der Waals surface area (Å²) in [5.74, 6) is 0. The highest BCUT2D eigenvalue weighted by atomic mass is 35.5. The van der Waals surface area contributed by atoms with Crippen LogP contribution < -0.4 is 11.2 Å². The monoisotopic (exact) mass is 390 g/mol. The number of nitrogens with zero attached hydrogens (tertiary/aromatic N) is 5. The summed E-state index contributed by atoms with van der Waals surface area (Å²) in [7, 11) is 0. The third-order valence-corrected chi connectivity index (χ3v) is 4.77. The first kappa shape index (κ1) is 19.2. The second kappa shape index (κ2) is 8.39. The van der Waals surface area contributed by atoms with E-state index >= 15 is 0 Å². The minimum Gasteiger partial charge on any atom is -0.351 e. The average molecular weight is 391 g/mol. The van der Waals surface area contributed by atoms with Crippen LogP contribution in [0, 0.1) is 0 Å². The first-order valence-electron chi connectivity index (χ1n) is 9.06. The Bertz CT molecular complexity index is 1040. The van der Waals surface area contributed by atoms with Crippen molar-refractivity contribution in [1.82, 2.24) is 28.7 Å². The molecule has 3 heterocycles. The van der Waals surface area contributed by atoms with Gasteiger partial charge in [0.05, 0.1) is 12.0 Å². The number of rotatable bonds is 9. The molecule has 3 aromatic heterocycles. The Balaban J connectivity index is 2.08. The minimum atomic E-state index is -0.369. The number of hydrogen-bond acceptors (Lipinski definition) is 4. The topological polar surface area (TPSA) is 90.5 Å². The van der Waals surface area contributed by atoms with Crippen LogP contribution in [0.2, 0.25) is 5.28 Å². The first-order chi connectivity index (χ1) is 13.1. The predicted molar refractivity (Wildman–Crippen MR) is 105 cm³/mol. The molecule has 144 valence electrons.